The Hall–Kier alpha value is -2.59. The lowest BCUT2D eigenvalue weighted by Gasteiger charge is -2.13. The molecule has 1 aliphatic heterocycles. The maximum atomic E-state index is 6.38. The molecule has 0 saturated heterocycles. The first-order valence-electron chi connectivity index (χ1n) is 7.44. The van der Waals surface area contributed by atoms with Gasteiger partial charge in [-0.1, -0.05) is 41.9 Å². The minimum Gasteiger partial charge on any atom is -0.399 e. The second kappa shape index (κ2) is 5.56. The molecule has 0 bridgehead atoms. The number of halogens is 1. The summed E-state index contributed by atoms with van der Waals surface area (Å²) in [5.74, 6) is 0. The van der Waals surface area contributed by atoms with Crippen LogP contribution in [0.15, 0.2) is 59.7 Å². The average Bonchev–Trinajstić information content (AvgIpc) is 3.04. The first-order chi connectivity index (χ1) is 11.2. The molecule has 1 atom stereocenters. The second-order valence-corrected chi connectivity index (χ2v) is 5.99. The van der Waals surface area contributed by atoms with Crippen LogP contribution in [0.1, 0.15) is 23.6 Å². The summed E-state index contributed by atoms with van der Waals surface area (Å²) in [4.78, 5) is 4.49. The van der Waals surface area contributed by atoms with Crippen LogP contribution in [-0.4, -0.2) is 10.7 Å². The molecule has 3 N–H and O–H groups in total. The molecule has 1 aromatic heterocycles. The number of anilines is 1. The number of hydrogen-bond acceptors (Lipinski definition) is 4. The van der Waals surface area contributed by atoms with Gasteiger partial charge in [-0.3, -0.25) is 0 Å². The number of para-hydroxylation sites is 1. The Labute approximate surface area is 139 Å². The van der Waals surface area contributed by atoms with Gasteiger partial charge in [0.2, 0.25) is 0 Å². The van der Waals surface area contributed by atoms with Gasteiger partial charge in [0, 0.05) is 23.1 Å². The molecule has 0 aliphatic carbocycles. The lowest BCUT2D eigenvalue weighted by atomic mass is 9.99. The molecule has 1 aliphatic rings. The van der Waals surface area contributed by atoms with E-state index in [9.17, 15) is 0 Å². The quantitative estimate of drug-likeness (QED) is 0.555. The maximum Gasteiger partial charge on any atom is 0.135 e. The number of pyridine rings is 1. The van der Waals surface area contributed by atoms with Gasteiger partial charge in [-0.05, 0) is 29.8 Å². The highest BCUT2D eigenvalue weighted by atomic mass is 35.5. The zero-order valence-electron chi connectivity index (χ0n) is 12.3. The van der Waals surface area contributed by atoms with Gasteiger partial charge in [-0.2, -0.15) is 5.10 Å². The van der Waals surface area contributed by atoms with Crippen molar-refractivity contribution in [3.05, 3.63) is 70.9 Å². The molecule has 0 radical (unpaired) electrons. The molecule has 1 unspecified atom stereocenters. The van der Waals surface area contributed by atoms with Gasteiger partial charge in [0.15, 0.2) is 0 Å². The highest BCUT2D eigenvalue weighted by Gasteiger charge is 2.24. The molecular formula is C18H15ClN4. The number of rotatable bonds is 2. The lowest BCUT2D eigenvalue weighted by molar-refractivity contribution is 0.619. The largest absolute Gasteiger partial charge is 0.399 e. The van der Waals surface area contributed by atoms with Gasteiger partial charge in [0.25, 0.3) is 0 Å². The predicted molar refractivity (Wildman–Crippen MR) is 94.6 cm³/mol. The summed E-state index contributed by atoms with van der Waals surface area (Å²) in [7, 11) is 0. The molecule has 0 fully saturated rings. The van der Waals surface area contributed by atoms with Crippen molar-refractivity contribution < 1.29 is 0 Å². The summed E-state index contributed by atoms with van der Waals surface area (Å²) in [5, 5.41) is 6.04. The Morgan fingerprint density at radius 3 is 2.83 bits per heavy atom. The van der Waals surface area contributed by atoms with Crippen LogP contribution in [0.4, 0.5) is 5.69 Å². The zero-order chi connectivity index (χ0) is 15.8. The van der Waals surface area contributed by atoms with Gasteiger partial charge in [0.05, 0.1) is 17.3 Å². The second-order valence-electron chi connectivity index (χ2n) is 5.63. The van der Waals surface area contributed by atoms with Gasteiger partial charge in [-0.25, -0.2) is 4.98 Å². The third-order valence-electron chi connectivity index (χ3n) is 4.05. The van der Waals surface area contributed by atoms with E-state index < -0.39 is 0 Å². The van der Waals surface area contributed by atoms with E-state index in [0.29, 0.717) is 5.15 Å². The third kappa shape index (κ3) is 2.62. The molecule has 0 saturated carbocycles. The maximum absolute atomic E-state index is 6.38. The van der Waals surface area contributed by atoms with E-state index in [-0.39, 0.29) is 6.04 Å². The molecule has 2 heterocycles. The molecule has 0 amide bonds. The smallest absolute Gasteiger partial charge is 0.135 e. The van der Waals surface area contributed by atoms with Crippen LogP contribution in [0.2, 0.25) is 5.15 Å². The number of nitrogens with two attached hydrogens (primary N) is 1. The van der Waals surface area contributed by atoms with Crippen LogP contribution >= 0.6 is 11.6 Å². The zero-order valence-corrected chi connectivity index (χ0v) is 13.1. The highest BCUT2D eigenvalue weighted by molar-refractivity contribution is 6.30. The Balaban J connectivity index is 1.65. The lowest BCUT2D eigenvalue weighted by Crippen LogP contribution is -2.11. The fourth-order valence-electron chi connectivity index (χ4n) is 2.87. The third-order valence-corrected chi connectivity index (χ3v) is 4.36. The summed E-state index contributed by atoms with van der Waals surface area (Å²) >= 11 is 6.38. The first-order valence-corrected chi connectivity index (χ1v) is 7.82. The molecule has 114 valence electrons. The molecule has 4 nitrogen and oxygen atoms in total. The molecule has 4 rings (SSSR count). The Morgan fingerprint density at radius 2 is 1.96 bits per heavy atom. The molecule has 0 spiro atoms. The van der Waals surface area contributed by atoms with Crippen molar-refractivity contribution in [2.45, 2.75) is 12.5 Å². The van der Waals surface area contributed by atoms with Crippen molar-refractivity contribution in [1.82, 2.24) is 10.4 Å². The topological polar surface area (TPSA) is 63.3 Å². The molecular weight excluding hydrogens is 308 g/mol. The van der Waals surface area contributed by atoms with E-state index in [4.69, 9.17) is 17.3 Å². The van der Waals surface area contributed by atoms with E-state index >= 15 is 0 Å². The van der Waals surface area contributed by atoms with Crippen molar-refractivity contribution >= 4 is 33.9 Å². The van der Waals surface area contributed by atoms with Crippen molar-refractivity contribution in [2.75, 3.05) is 5.73 Å². The molecule has 23 heavy (non-hydrogen) atoms. The van der Waals surface area contributed by atoms with Crippen molar-refractivity contribution in [3.8, 4) is 0 Å². The summed E-state index contributed by atoms with van der Waals surface area (Å²) < 4.78 is 0. The van der Waals surface area contributed by atoms with Crippen LogP contribution in [0.5, 0.6) is 0 Å². The van der Waals surface area contributed by atoms with Crippen LogP contribution in [0.25, 0.3) is 10.9 Å². The minimum atomic E-state index is 0.0241. The highest BCUT2D eigenvalue weighted by Crippen LogP contribution is 2.31. The number of benzene rings is 2. The summed E-state index contributed by atoms with van der Waals surface area (Å²) in [6.45, 7) is 0. The van der Waals surface area contributed by atoms with E-state index in [1.165, 1.54) is 0 Å². The van der Waals surface area contributed by atoms with Crippen LogP contribution in [0.3, 0.4) is 0 Å². The molecule has 2 aromatic carbocycles. The standard InChI is InChI=1S/C18H15ClN4/c19-18-14(9-12-4-1-2-7-15(12)21-18)17-10-16(22-23-17)11-5-3-6-13(20)8-11/h1-9,17,23H,10,20H2. The fraction of sp³-hybridized carbons (Fsp3) is 0.111. The SMILES string of the molecule is Nc1cccc(C2=NNC(c3cc4ccccc4nc3Cl)C2)c1. The number of aromatic nitrogens is 1. The minimum absolute atomic E-state index is 0.0241. The van der Waals surface area contributed by atoms with E-state index in [1.54, 1.807) is 0 Å². The fourth-order valence-corrected chi connectivity index (χ4v) is 3.15. The monoisotopic (exact) mass is 322 g/mol. The van der Waals surface area contributed by atoms with Gasteiger partial charge in [0.1, 0.15) is 5.15 Å². The van der Waals surface area contributed by atoms with E-state index in [1.807, 2.05) is 48.5 Å². The van der Waals surface area contributed by atoms with E-state index in [0.717, 1.165) is 39.8 Å². The Bertz CT molecular complexity index is 920. The van der Waals surface area contributed by atoms with Gasteiger partial charge >= 0.3 is 0 Å². The Morgan fingerprint density at radius 1 is 1.09 bits per heavy atom. The van der Waals surface area contributed by atoms with Crippen molar-refractivity contribution in [2.24, 2.45) is 5.10 Å². The van der Waals surface area contributed by atoms with Gasteiger partial charge in [-0.15, -0.1) is 0 Å². The number of hydrazone groups is 1. The number of fused-ring (bicyclic) bond motifs is 1. The van der Waals surface area contributed by atoms with Crippen LogP contribution in [0, 0.1) is 0 Å². The average molecular weight is 323 g/mol. The number of hydrogen-bond donors (Lipinski definition) is 2. The number of nitrogens with zero attached hydrogens (tertiary/aromatic N) is 2. The van der Waals surface area contributed by atoms with Crippen LogP contribution in [-0.2, 0) is 0 Å². The summed E-state index contributed by atoms with van der Waals surface area (Å²) in [5.41, 5.74) is 13.6. The summed E-state index contributed by atoms with van der Waals surface area (Å²) in [6.07, 6.45) is 0.753. The van der Waals surface area contributed by atoms with Crippen LogP contribution < -0.4 is 11.2 Å². The molecule has 3 aromatic rings. The van der Waals surface area contributed by atoms with Crippen molar-refractivity contribution in [1.29, 1.82) is 0 Å². The molecule has 5 heteroatoms. The predicted octanol–water partition coefficient (Wildman–Crippen LogP) is 3.91. The van der Waals surface area contributed by atoms with Crippen molar-refractivity contribution in [3.63, 3.8) is 0 Å². The first kappa shape index (κ1) is 14.0. The van der Waals surface area contributed by atoms with Gasteiger partial charge < -0.3 is 11.2 Å². The number of nitrogens with one attached hydrogen (secondary N) is 1. The normalized spacial score (nSPS) is 17.1. The van der Waals surface area contributed by atoms with E-state index in [2.05, 4.69) is 21.6 Å². The summed E-state index contributed by atoms with van der Waals surface area (Å²) in [6, 6.07) is 17.8. The Kier molecular flexibility index (Phi) is 3.39. The number of nitrogen functional groups attached to an aromatic ring is 1.